The van der Waals surface area contributed by atoms with Crippen LogP contribution in [0.3, 0.4) is 0 Å². The van der Waals surface area contributed by atoms with Gasteiger partial charge in [-0.05, 0) is 12.2 Å². The van der Waals surface area contributed by atoms with Gasteiger partial charge in [0.25, 0.3) is 0 Å². The number of rotatable bonds is 11. The van der Waals surface area contributed by atoms with Crippen molar-refractivity contribution in [3.63, 3.8) is 0 Å². The maximum atomic E-state index is 14.8. The summed E-state index contributed by atoms with van der Waals surface area (Å²) in [6, 6.07) is 0. The van der Waals surface area contributed by atoms with Gasteiger partial charge in [0.1, 0.15) is 6.10 Å². The third-order valence-corrected chi connectivity index (χ3v) is 7.60. The highest BCUT2D eigenvalue weighted by molar-refractivity contribution is 7.71. The molecule has 1 aromatic rings. The molecule has 1 aromatic heterocycles. The monoisotopic (exact) mass is 573 g/mol. The quantitative estimate of drug-likeness (QED) is 0.126. The predicted octanol–water partition coefficient (Wildman–Crippen LogP) is 1.70. The first-order valence-corrected chi connectivity index (χ1v) is 12.8. The van der Waals surface area contributed by atoms with Crippen molar-refractivity contribution in [2.75, 3.05) is 12.3 Å². The molecule has 192 valence electrons. The molecule has 3 unspecified atom stereocenters. The Bertz CT molecular complexity index is 1070. The van der Waals surface area contributed by atoms with Gasteiger partial charge in [-0.1, -0.05) is 0 Å². The summed E-state index contributed by atoms with van der Waals surface area (Å²) in [5.74, 6) is -2.14. The first kappa shape index (κ1) is 30.2. The van der Waals surface area contributed by atoms with E-state index >= 15 is 0 Å². The number of phosphoric ester groups is 1. The Labute approximate surface area is 185 Å². The number of halogens is 5. The van der Waals surface area contributed by atoms with Gasteiger partial charge in [0.05, 0.1) is 13.2 Å². The third kappa shape index (κ3) is 9.01. The number of nitrogens with zero attached hydrogens (tertiary/aromatic N) is 2. The lowest BCUT2D eigenvalue weighted by atomic mass is 9.95. The molecule has 14 nitrogen and oxygen atoms in total. The zero-order chi connectivity index (χ0) is 26.0. The van der Waals surface area contributed by atoms with Gasteiger partial charge in [-0.3, -0.25) is 4.52 Å². The summed E-state index contributed by atoms with van der Waals surface area (Å²) in [4.78, 5) is 38.1. The van der Waals surface area contributed by atoms with Crippen molar-refractivity contribution in [3.05, 3.63) is 16.8 Å². The van der Waals surface area contributed by atoms with E-state index in [2.05, 4.69) is 30.3 Å². The number of aliphatic hydroxyl groups is 1. The molecule has 0 aromatic carbocycles. The lowest BCUT2D eigenvalue weighted by Gasteiger charge is -2.33. The largest absolute Gasteiger partial charge is 0.490 e. The highest BCUT2D eigenvalue weighted by Crippen LogP contribution is 2.66. The van der Waals surface area contributed by atoms with Gasteiger partial charge in [-0.2, -0.15) is 26.8 Å². The summed E-state index contributed by atoms with van der Waals surface area (Å²) in [5.41, 5.74) is 0.536. The molecule has 0 aliphatic heterocycles. The number of phosphoric acid groups is 3. The predicted molar refractivity (Wildman–Crippen MR) is 97.8 cm³/mol. The molecule has 0 saturated heterocycles. The van der Waals surface area contributed by atoms with Crippen molar-refractivity contribution in [3.8, 4) is 0 Å². The van der Waals surface area contributed by atoms with Crippen molar-refractivity contribution in [1.82, 2.24) is 9.55 Å². The molecule has 0 aliphatic rings. The Kier molecular flexibility index (Phi) is 9.50. The summed E-state index contributed by atoms with van der Waals surface area (Å²) in [6.45, 7) is -3.25. The first-order chi connectivity index (χ1) is 14.6. The molecule has 33 heavy (non-hydrogen) atoms. The van der Waals surface area contributed by atoms with Gasteiger partial charge in [-0.15, -0.1) is 0 Å². The molecule has 0 aliphatic carbocycles. The van der Waals surface area contributed by atoms with Crippen LogP contribution >= 0.6 is 35.7 Å². The maximum absolute atomic E-state index is 14.8. The smallest absolute Gasteiger partial charge is 0.389 e. The molecule has 1 rings (SSSR count). The van der Waals surface area contributed by atoms with E-state index in [4.69, 9.17) is 20.4 Å². The van der Waals surface area contributed by atoms with Gasteiger partial charge in [0.2, 0.25) is 10.4 Å². The van der Waals surface area contributed by atoms with Crippen LogP contribution in [-0.4, -0.2) is 58.8 Å². The standard InChI is InChI=1S/C10H15F5N3O11P3S/c11-5-3-18(8(33)17-7(5)16)4-9(12,10(13,14)15)6(19)1-2-27-31(23,24)29-32(25,26)28-30(20,21)22/h3,6,19H,1-2,4H2,(H,23,24)(H,25,26)(H2,16,17,33)(H2,20,21,22)/t6-,9?/m0/s1. The van der Waals surface area contributed by atoms with Crippen molar-refractivity contribution < 1.29 is 73.5 Å². The molecule has 23 heteroatoms. The molecule has 0 spiro atoms. The molecular formula is C10H15F5N3O11P3S. The van der Waals surface area contributed by atoms with Gasteiger partial charge in [0, 0.05) is 12.6 Å². The normalized spacial score (nSPS) is 19.3. The lowest BCUT2D eigenvalue weighted by molar-refractivity contribution is -0.266. The third-order valence-electron chi connectivity index (χ3n) is 3.44. The van der Waals surface area contributed by atoms with Gasteiger partial charge in [0.15, 0.2) is 11.6 Å². The van der Waals surface area contributed by atoms with E-state index in [1.807, 2.05) is 0 Å². The second kappa shape index (κ2) is 10.4. The molecule has 4 atom stereocenters. The first-order valence-electron chi connectivity index (χ1n) is 7.83. The number of aliphatic hydroxyl groups excluding tert-OH is 1. The zero-order valence-electron chi connectivity index (χ0n) is 15.6. The van der Waals surface area contributed by atoms with E-state index in [9.17, 15) is 45.6 Å². The summed E-state index contributed by atoms with van der Waals surface area (Å²) < 4.78 is 112. The molecule has 0 saturated carbocycles. The number of alkyl halides is 4. The van der Waals surface area contributed by atoms with E-state index in [-0.39, 0.29) is 4.57 Å². The Balaban J connectivity index is 2.96. The van der Waals surface area contributed by atoms with Crippen molar-refractivity contribution in [2.24, 2.45) is 0 Å². The minimum Gasteiger partial charge on any atom is -0.389 e. The Hall–Kier alpha value is -0.880. The van der Waals surface area contributed by atoms with Crippen LogP contribution in [0.4, 0.5) is 27.8 Å². The summed E-state index contributed by atoms with van der Waals surface area (Å²) >= 11 is 4.56. The van der Waals surface area contributed by atoms with Crippen LogP contribution in [0.5, 0.6) is 0 Å². The van der Waals surface area contributed by atoms with Crippen LogP contribution in [0.2, 0.25) is 0 Å². The molecular weight excluding hydrogens is 558 g/mol. The average Bonchev–Trinajstić information content (AvgIpc) is 2.54. The Morgan fingerprint density at radius 3 is 2.15 bits per heavy atom. The summed E-state index contributed by atoms with van der Waals surface area (Å²) in [7, 11) is -17.3. The minimum atomic E-state index is -5.90. The van der Waals surface area contributed by atoms with Gasteiger partial charge < -0.3 is 35.0 Å². The van der Waals surface area contributed by atoms with E-state index < -0.39 is 77.4 Å². The second-order valence-electron chi connectivity index (χ2n) is 5.97. The molecule has 0 radical (unpaired) electrons. The van der Waals surface area contributed by atoms with E-state index in [0.29, 0.717) is 6.20 Å². The maximum Gasteiger partial charge on any atom is 0.490 e. The minimum absolute atomic E-state index is 0.181. The molecule has 7 N–H and O–H groups in total. The number of hydrogen-bond acceptors (Lipinski definition) is 10. The van der Waals surface area contributed by atoms with Crippen LogP contribution in [-0.2, 0) is 33.4 Å². The summed E-state index contributed by atoms with van der Waals surface area (Å²) in [5, 5.41) is 9.76. The Morgan fingerprint density at radius 2 is 1.67 bits per heavy atom. The van der Waals surface area contributed by atoms with Crippen LogP contribution in [0.25, 0.3) is 0 Å². The zero-order valence-corrected chi connectivity index (χ0v) is 19.1. The number of nitrogen functional groups attached to an aromatic ring is 1. The van der Waals surface area contributed by atoms with Crippen LogP contribution in [0.1, 0.15) is 6.42 Å². The average molecular weight is 573 g/mol. The van der Waals surface area contributed by atoms with E-state index in [1.54, 1.807) is 0 Å². The highest BCUT2D eigenvalue weighted by Gasteiger charge is 2.61. The Morgan fingerprint density at radius 1 is 1.12 bits per heavy atom. The van der Waals surface area contributed by atoms with Gasteiger partial charge in [-0.25, -0.2) is 22.5 Å². The van der Waals surface area contributed by atoms with Gasteiger partial charge >= 0.3 is 29.6 Å². The fraction of sp³-hybridized carbons (Fsp3) is 0.600. The van der Waals surface area contributed by atoms with E-state index in [0.717, 1.165) is 0 Å². The van der Waals surface area contributed by atoms with Crippen LogP contribution in [0.15, 0.2) is 6.20 Å². The molecule has 1 heterocycles. The summed E-state index contributed by atoms with van der Waals surface area (Å²) in [6.07, 6.45) is -9.97. The van der Waals surface area contributed by atoms with Crippen molar-refractivity contribution in [2.45, 2.75) is 30.9 Å². The second-order valence-corrected chi connectivity index (χ2v) is 10.8. The topological polar surface area (TPSA) is 224 Å². The molecule has 0 bridgehead atoms. The fourth-order valence-corrected chi connectivity index (χ4v) is 5.28. The number of nitrogens with two attached hydrogens (primary N) is 1. The number of anilines is 1. The van der Waals surface area contributed by atoms with Crippen LogP contribution < -0.4 is 5.73 Å². The van der Waals surface area contributed by atoms with Crippen LogP contribution in [0, 0.1) is 10.6 Å². The van der Waals surface area contributed by atoms with Crippen molar-refractivity contribution >= 4 is 41.5 Å². The van der Waals surface area contributed by atoms with Crippen molar-refractivity contribution in [1.29, 1.82) is 0 Å². The molecule has 0 amide bonds. The number of aromatic nitrogens is 2. The SMILES string of the molecule is Nc1nc(=S)n(CC(F)([C@@H](O)CCOP(=O)(O)OP(=O)(O)OP(=O)(O)O)C(F)(F)F)cc1F. The lowest BCUT2D eigenvalue weighted by Crippen LogP contribution is -2.54. The highest BCUT2D eigenvalue weighted by atomic mass is 32.1. The molecule has 0 fully saturated rings. The van der Waals surface area contributed by atoms with E-state index in [1.165, 1.54) is 0 Å². The fourth-order valence-electron chi connectivity index (χ4n) is 2.04. The number of hydrogen-bond donors (Lipinski definition) is 6.